The van der Waals surface area contributed by atoms with E-state index in [9.17, 15) is 0 Å². The monoisotopic (exact) mass is 335 g/mol. The fraction of sp³-hybridized carbons (Fsp3) is 0.0667. The molecule has 1 N–H and O–H groups in total. The molecule has 0 aliphatic carbocycles. The van der Waals surface area contributed by atoms with Gasteiger partial charge in [0.1, 0.15) is 12.4 Å². The van der Waals surface area contributed by atoms with Gasteiger partial charge in [0.15, 0.2) is 0 Å². The maximum absolute atomic E-state index is 5.84. The van der Waals surface area contributed by atoms with Gasteiger partial charge in [-0.1, -0.05) is 29.8 Å². The first kappa shape index (κ1) is 12.6. The molecular formula is C15H11BrClNO. The van der Waals surface area contributed by atoms with E-state index < -0.39 is 0 Å². The van der Waals surface area contributed by atoms with Crippen LogP contribution in [0.25, 0.3) is 10.9 Å². The van der Waals surface area contributed by atoms with Crippen LogP contribution in [-0.4, -0.2) is 4.98 Å². The van der Waals surface area contributed by atoms with E-state index in [-0.39, 0.29) is 0 Å². The number of para-hydroxylation sites is 1. The predicted molar refractivity (Wildman–Crippen MR) is 81.8 cm³/mol. The molecule has 0 bridgehead atoms. The fourth-order valence-corrected chi connectivity index (χ4v) is 2.63. The molecule has 3 aromatic rings. The lowest BCUT2D eigenvalue weighted by Gasteiger charge is -2.05. The molecule has 0 aliphatic rings. The maximum atomic E-state index is 5.84. The Hall–Kier alpha value is -1.45. The summed E-state index contributed by atoms with van der Waals surface area (Å²) in [4.78, 5) is 3.35. The number of hydrogen-bond donors (Lipinski definition) is 1. The number of ether oxygens (including phenoxy) is 1. The van der Waals surface area contributed by atoms with Crippen LogP contribution in [-0.2, 0) is 6.61 Å². The van der Waals surface area contributed by atoms with Crippen molar-refractivity contribution in [3.8, 4) is 5.75 Å². The smallest absolute Gasteiger partial charge is 0.129 e. The van der Waals surface area contributed by atoms with Crippen LogP contribution in [0.4, 0.5) is 0 Å². The van der Waals surface area contributed by atoms with Crippen LogP contribution in [0.3, 0.4) is 0 Å². The van der Waals surface area contributed by atoms with Crippen molar-refractivity contribution < 1.29 is 4.74 Å². The van der Waals surface area contributed by atoms with Gasteiger partial charge in [-0.25, -0.2) is 0 Å². The molecule has 4 heteroatoms. The molecule has 19 heavy (non-hydrogen) atoms. The second-order valence-electron chi connectivity index (χ2n) is 4.21. The Bertz CT molecular complexity index is 706. The number of aromatic nitrogens is 1. The summed E-state index contributed by atoms with van der Waals surface area (Å²) in [6.45, 7) is 0.483. The van der Waals surface area contributed by atoms with Crippen LogP contribution < -0.4 is 4.74 Å². The molecule has 96 valence electrons. The first-order chi connectivity index (χ1) is 9.24. The van der Waals surface area contributed by atoms with E-state index >= 15 is 0 Å². The Morgan fingerprint density at radius 3 is 2.53 bits per heavy atom. The lowest BCUT2D eigenvalue weighted by atomic mass is 10.2. The molecule has 0 amide bonds. The summed E-state index contributed by atoms with van der Waals surface area (Å²) < 4.78 is 6.79. The minimum atomic E-state index is 0.483. The summed E-state index contributed by atoms with van der Waals surface area (Å²) in [5.41, 5.74) is 2.13. The van der Waals surface area contributed by atoms with Gasteiger partial charge < -0.3 is 9.72 Å². The fourth-order valence-electron chi connectivity index (χ4n) is 1.95. The summed E-state index contributed by atoms with van der Waals surface area (Å²) in [6.07, 6.45) is 0. The van der Waals surface area contributed by atoms with Crippen LogP contribution in [0.5, 0.6) is 5.75 Å². The molecule has 1 aromatic heterocycles. The Balaban J connectivity index is 1.82. The summed E-state index contributed by atoms with van der Waals surface area (Å²) in [6, 6.07) is 15.5. The van der Waals surface area contributed by atoms with Crippen molar-refractivity contribution in [3.63, 3.8) is 0 Å². The Kier molecular flexibility index (Phi) is 3.49. The van der Waals surface area contributed by atoms with Crippen LogP contribution in [0, 0.1) is 0 Å². The minimum Gasteiger partial charge on any atom is -0.487 e. The highest BCUT2D eigenvalue weighted by atomic mass is 79.9. The Morgan fingerprint density at radius 1 is 1.05 bits per heavy atom. The standard InChI is InChI=1S/C15H11BrClNO/c16-15-12-3-1-2-4-13(12)18-14(15)9-19-11-7-5-10(17)6-8-11/h1-8,18H,9H2. The van der Waals surface area contributed by atoms with Gasteiger partial charge >= 0.3 is 0 Å². The van der Waals surface area contributed by atoms with Crippen molar-refractivity contribution in [3.05, 3.63) is 63.7 Å². The summed E-state index contributed by atoms with van der Waals surface area (Å²) in [5, 5.41) is 1.87. The van der Waals surface area contributed by atoms with Crippen LogP contribution in [0.1, 0.15) is 5.69 Å². The van der Waals surface area contributed by atoms with E-state index in [1.807, 2.05) is 42.5 Å². The van der Waals surface area contributed by atoms with E-state index in [0.29, 0.717) is 11.6 Å². The third kappa shape index (κ3) is 2.62. The maximum Gasteiger partial charge on any atom is 0.129 e. The SMILES string of the molecule is Clc1ccc(OCc2[nH]c3ccccc3c2Br)cc1. The van der Waals surface area contributed by atoms with Gasteiger partial charge in [0.25, 0.3) is 0 Å². The van der Waals surface area contributed by atoms with Gasteiger partial charge in [-0.15, -0.1) is 0 Å². The average molecular weight is 337 g/mol. The molecule has 0 radical (unpaired) electrons. The summed E-state index contributed by atoms with van der Waals surface area (Å²) in [5.74, 6) is 0.801. The number of H-pyrrole nitrogens is 1. The Labute approximate surface area is 124 Å². The average Bonchev–Trinajstić information content (AvgIpc) is 2.76. The minimum absolute atomic E-state index is 0.483. The molecule has 0 unspecified atom stereocenters. The molecule has 3 rings (SSSR count). The van der Waals surface area contributed by atoms with E-state index in [0.717, 1.165) is 26.8 Å². The van der Waals surface area contributed by atoms with Crippen molar-refractivity contribution in [1.29, 1.82) is 0 Å². The molecule has 0 spiro atoms. The first-order valence-electron chi connectivity index (χ1n) is 5.87. The quantitative estimate of drug-likeness (QED) is 0.702. The number of fused-ring (bicyclic) bond motifs is 1. The highest BCUT2D eigenvalue weighted by Gasteiger charge is 2.08. The molecular weight excluding hydrogens is 326 g/mol. The van der Waals surface area contributed by atoms with Gasteiger partial charge in [-0.05, 0) is 46.3 Å². The second kappa shape index (κ2) is 5.27. The molecule has 2 nitrogen and oxygen atoms in total. The van der Waals surface area contributed by atoms with Gasteiger partial charge in [0.2, 0.25) is 0 Å². The van der Waals surface area contributed by atoms with Crippen LogP contribution in [0.15, 0.2) is 53.0 Å². The van der Waals surface area contributed by atoms with Gasteiger partial charge in [0.05, 0.1) is 5.69 Å². The number of rotatable bonds is 3. The second-order valence-corrected chi connectivity index (χ2v) is 5.44. The molecule has 0 saturated carbocycles. The topological polar surface area (TPSA) is 25.0 Å². The number of hydrogen-bond acceptors (Lipinski definition) is 1. The molecule has 0 aliphatic heterocycles. The zero-order valence-corrected chi connectivity index (χ0v) is 12.3. The molecule has 1 heterocycles. The third-order valence-corrected chi connectivity index (χ3v) is 4.07. The van der Waals surface area contributed by atoms with Crippen molar-refractivity contribution in [2.24, 2.45) is 0 Å². The molecule has 2 aromatic carbocycles. The van der Waals surface area contributed by atoms with Crippen LogP contribution >= 0.6 is 27.5 Å². The highest BCUT2D eigenvalue weighted by molar-refractivity contribution is 9.10. The van der Waals surface area contributed by atoms with Gasteiger partial charge in [0, 0.05) is 20.4 Å². The largest absolute Gasteiger partial charge is 0.487 e. The lowest BCUT2D eigenvalue weighted by molar-refractivity contribution is 0.301. The summed E-state index contributed by atoms with van der Waals surface area (Å²) in [7, 11) is 0. The van der Waals surface area contributed by atoms with E-state index in [4.69, 9.17) is 16.3 Å². The number of halogens is 2. The van der Waals surface area contributed by atoms with Crippen molar-refractivity contribution in [1.82, 2.24) is 4.98 Å². The molecule has 0 saturated heterocycles. The highest BCUT2D eigenvalue weighted by Crippen LogP contribution is 2.28. The van der Waals surface area contributed by atoms with Gasteiger partial charge in [-0.3, -0.25) is 0 Å². The molecule has 0 fully saturated rings. The zero-order valence-electron chi connectivity index (χ0n) is 9.99. The number of aromatic amines is 1. The normalized spacial score (nSPS) is 10.8. The van der Waals surface area contributed by atoms with E-state index in [2.05, 4.69) is 27.0 Å². The van der Waals surface area contributed by atoms with E-state index in [1.165, 1.54) is 0 Å². The number of benzene rings is 2. The third-order valence-electron chi connectivity index (χ3n) is 2.91. The van der Waals surface area contributed by atoms with Crippen LogP contribution in [0.2, 0.25) is 5.02 Å². The number of nitrogens with one attached hydrogen (secondary N) is 1. The summed E-state index contributed by atoms with van der Waals surface area (Å²) >= 11 is 9.44. The lowest BCUT2D eigenvalue weighted by Crippen LogP contribution is -1.96. The van der Waals surface area contributed by atoms with Crippen molar-refractivity contribution in [2.45, 2.75) is 6.61 Å². The zero-order chi connectivity index (χ0) is 13.2. The van der Waals surface area contributed by atoms with E-state index in [1.54, 1.807) is 0 Å². The first-order valence-corrected chi connectivity index (χ1v) is 7.04. The van der Waals surface area contributed by atoms with Gasteiger partial charge in [-0.2, -0.15) is 0 Å². The molecule has 0 atom stereocenters. The van der Waals surface area contributed by atoms with Crippen molar-refractivity contribution in [2.75, 3.05) is 0 Å². The predicted octanol–water partition coefficient (Wildman–Crippen LogP) is 5.16. The Morgan fingerprint density at radius 2 is 1.79 bits per heavy atom. The van der Waals surface area contributed by atoms with Crippen molar-refractivity contribution >= 4 is 38.4 Å².